The summed E-state index contributed by atoms with van der Waals surface area (Å²) in [6.07, 6.45) is 3.10. The van der Waals surface area contributed by atoms with E-state index in [1.54, 1.807) is 12.1 Å². The minimum absolute atomic E-state index is 0.0666. The van der Waals surface area contributed by atoms with E-state index in [9.17, 15) is 9.59 Å². The molecule has 9 heteroatoms. The topological polar surface area (TPSA) is 84.2 Å². The SMILES string of the molecule is [2H]C=C([2H])C(=O)N1CCN(c2nc(=O)n(-c3c(C([2H])([2H])[2H])ccnc3C(C)C)c3nc(-c4ccccc4C=C)c(Cl)cc23)[C@@H](C)C1. The first-order valence-electron chi connectivity index (χ1n) is 15.8. The quantitative estimate of drug-likeness (QED) is 0.271. The van der Waals surface area contributed by atoms with Crippen molar-refractivity contribution in [3.8, 4) is 16.9 Å². The number of benzene rings is 1. The highest BCUT2D eigenvalue weighted by Gasteiger charge is 2.30. The summed E-state index contributed by atoms with van der Waals surface area (Å²) in [6.45, 7) is 8.33. The lowest BCUT2D eigenvalue weighted by atomic mass is 10.0. The van der Waals surface area contributed by atoms with Gasteiger partial charge in [0, 0.05) is 41.5 Å². The molecule has 0 spiro atoms. The van der Waals surface area contributed by atoms with Crippen LogP contribution in [0.5, 0.6) is 0 Å². The molecule has 0 N–H and O–H groups in total. The molecule has 0 unspecified atom stereocenters. The zero-order chi connectivity index (χ0) is 33.5. The van der Waals surface area contributed by atoms with Crippen molar-refractivity contribution in [3.63, 3.8) is 0 Å². The van der Waals surface area contributed by atoms with Crippen LogP contribution in [0.25, 0.3) is 34.1 Å². The van der Waals surface area contributed by atoms with Gasteiger partial charge in [-0.15, -0.1) is 0 Å². The lowest BCUT2D eigenvalue weighted by molar-refractivity contribution is -0.126. The van der Waals surface area contributed by atoms with Gasteiger partial charge in [0.05, 0.1) is 30.2 Å². The van der Waals surface area contributed by atoms with Gasteiger partial charge in [-0.25, -0.2) is 14.3 Å². The van der Waals surface area contributed by atoms with Gasteiger partial charge < -0.3 is 9.80 Å². The smallest absolute Gasteiger partial charge is 0.350 e. The van der Waals surface area contributed by atoms with E-state index in [-0.39, 0.29) is 59.3 Å². The van der Waals surface area contributed by atoms with Gasteiger partial charge in [0.15, 0.2) is 5.65 Å². The van der Waals surface area contributed by atoms with Crippen molar-refractivity contribution in [2.75, 3.05) is 24.5 Å². The summed E-state index contributed by atoms with van der Waals surface area (Å²) in [5, 5.41) is 0.681. The largest absolute Gasteiger partial charge is 0.355 e. The summed E-state index contributed by atoms with van der Waals surface area (Å²) in [5.74, 6) is -0.529. The van der Waals surface area contributed by atoms with E-state index in [0.717, 1.165) is 5.56 Å². The monoisotopic (exact) mass is 573 g/mol. The molecule has 4 aromatic rings. The van der Waals surface area contributed by atoms with Crippen LogP contribution in [-0.2, 0) is 4.79 Å². The van der Waals surface area contributed by atoms with Crippen LogP contribution in [0.1, 0.15) is 50.4 Å². The standard InChI is InChI=1S/C32H33ClN6O2/c1-7-22-11-9-10-12-23(22)28-25(33)17-24-30(38-16-15-37(18-21(38)6)26(40)8-2)36-32(41)39(31(24)35-28)29-20(5)13-14-34-27(29)19(3)4/h7-14,17,19,21H,1-2,15-16,18H2,3-6H3/t21-/m0/s1/i2D,5D3,8D. The zero-order valence-electron chi connectivity index (χ0n) is 28.1. The van der Waals surface area contributed by atoms with E-state index in [1.807, 2.05) is 49.9 Å². The van der Waals surface area contributed by atoms with Crippen molar-refractivity contribution >= 4 is 40.4 Å². The number of aryl methyl sites for hydroxylation is 1. The number of aromatic nitrogens is 4. The molecule has 0 radical (unpaired) electrons. The van der Waals surface area contributed by atoms with E-state index in [0.29, 0.717) is 28.9 Å². The zero-order valence-corrected chi connectivity index (χ0v) is 23.8. The van der Waals surface area contributed by atoms with Gasteiger partial charge in [-0.05, 0) is 49.0 Å². The second-order valence-corrected chi connectivity index (χ2v) is 10.6. The second-order valence-electron chi connectivity index (χ2n) is 10.2. The summed E-state index contributed by atoms with van der Waals surface area (Å²) in [4.78, 5) is 44.2. The average molecular weight is 574 g/mol. The third-order valence-electron chi connectivity index (χ3n) is 7.27. The van der Waals surface area contributed by atoms with E-state index in [2.05, 4.69) is 16.5 Å². The fourth-order valence-electron chi connectivity index (χ4n) is 5.28. The minimum Gasteiger partial charge on any atom is -0.350 e. The maximum absolute atomic E-state index is 14.2. The third kappa shape index (κ3) is 5.04. The number of carbonyl (C=O) groups is 1. The summed E-state index contributed by atoms with van der Waals surface area (Å²) >= 11 is 6.92. The third-order valence-corrected chi connectivity index (χ3v) is 7.56. The van der Waals surface area contributed by atoms with Crippen LogP contribution in [0.2, 0.25) is 5.02 Å². The number of hydrogen-bond donors (Lipinski definition) is 0. The summed E-state index contributed by atoms with van der Waals surface area (Å²) in [6, 6.07) is 9.68. The van der Waals surface area contributed by atoms with Gasteiger partial charge in [0.25, 0.3) is 0 Å². The molecule has 5 rings (SSSR count). The molecule has 1 atom stereocenters. The van der Waals surface area contributed by atoms with Crippen LogP contribution >= 0.6 is 11.6 Å². The number of fused-ring (bicyclic) bond motifs is 1. The Hall–Kier alpha value is -4.30. The van der Waals surface area contributed by atoms with E-state index < -0.39 is 24.5 Å². The predicted molar refractivity (Wildman–Crippen MR) is 166 cm³/mol. The number of piperazine rings is 1. The normalized spacial score (nSPS) is 18.0. The van der Waals surface area contributed by atoms with Crippen molar-refractivity contribution in [2.24, 2.45) is 0 Å². The number of nitrogens with zero attached hydrogens (tertiary/aromatic N) is 6. The van der Waals surface area contributed by atoms with Gasteiger partial charge >= 0.3 is 5.69 Å². The number of anilines is 1. The summed E-state index contributed by atoms with van der Waals surface area (Å²) < 4.78 is 41.2. The Morgan fingerprint density at radius 2 is 2.07 bits per heavy atom. The molecule has 1 fully saturated rings. The number of pyridine rings is 2. The Bertz CT molecular complexity index is 1940. The van der Waals surface area contributed by atoms with Gasteiger partial charge in [-0.3, -0.25) is 9.78 Å². The molecule has 3 aromatic heterocycles. The molecule has 1 aliphatic heterocycles. The molecular formula is C32H33ClN6O2. The molecule has 1 saturated heterocycles. The molecule has 0 saturated carbocycles. The molecule has 4 heterocycles. The lowest BCUT2D eigenvalue weighted by Gasteiger charge is -2.40. The van der Waals surface area contributed by atoms with Crippen LogP contribution < -0.4 is 10.6 Å². The van der Waals surface area contributed by atoms with E-state index >= 15 is 0 Å². The number of hydrogen-bond acceptors (Lipinski definition) is 6. The fraction of sp³-hybridized carbons (Fsp3) is 0.281. The minimum atomic E-state index is -2.58. The lowest BCUT2D eigenvalue weighted by Crippen LogP contribution is -2.54. The molecular weight excluding hydrogens is 536 g/mol. The Morgan fingerprint density at radius 3 is 2.78 bits per heavy atom. The Kier molecular flexibility index (Phi) is 6.17. The number of carbonyl (C=O) groups excluding carboxylic acids is 1. The second kappa shape index (κ2) is 11.3. The van der Waals surface area contributed by atoms with Crippen LogP contribution in [-0.4, -0.2) is 56.0 Å². The van der Waals surface area contributed by atoms with E-state index in [4.69, 9.17) is 23.4 Å². The van der Waals surface area contributed by atoms with Gasteiger partial charge in [0.1, 0.15) is 5.82 Å². The van der Waals surface area contributed by atoms with Crippen LogP contribution in [0, 0.1) is 6.85 Å². The maximum Gasteiger partial charge on any atom is 0.355 e. The summed E-state index contributed by atoms with van der Waals surface area (Å²) in [7, 11) is 0. The molecule has 0 bridgehead atoms. The Morgan fingerprint density at radius 1 is 1.27 bits per heavy atom. The summed E-state index contributed by atoms with van der Waals surface area (Å²) in [5.41, 5.74) is 1.61. The first kappa shape index (κ1) is 22.4. The highest BCUT2D eigenvalue weighted by molar-refractivity contribution is 6.34. The highest BCUT2D eigenvalue weighted by atomic mass is 35.5. The molecule has 8 nitrogen and oxygen atoms in total. The highest BCUT2D eigenvalue weighted by Crippen LogP contribution is 2.36. The number of rotatable bonds is 6. The van der Waals surface area contributed by atoms with Crippen molar-refractivity contribution in [1.29, 1.82) is 0 Å². The maximum atomic E-state index is 14.2. The molecule has 1 aromatic carbocycles. The molecule has 210 valence electrons. The van der Waals surface area contributed by atoms with Crippen LogP contribution in [0.3, 0.4) is 0 Å². The predicted octanol–water partition coefficient (Wildman–Crippen LogP) is 5.79. The molecule has 1 aliphatic rings. The van der Waals surface area contributed by atoms with Gasteiger partial charge in [0.2, 0.25) is 5.91 Å². The molecule has 0 aliphatic carbocycles. The van der Waals surface area contributed by atoms with Crippen molar-refractivity contribution in [3.05, 3.63) is 94.1 Å². The van der Waals surface area contributed by atoms with Crippen molar-refractivity contribution in [2.45, 2.75) is 39.6 Å². The first-order chi connectivity index (χ1) is 21.8. The van der Waals surface area contributed by atoms with Gasteiger partial charge in [-0.2, -0.15) is 4.98 Å². The van der Waals surface area contributed by atoms with Crippen LogP contribution in [0.15, 0.2) is 66.6 Å². The van der Waals surface area contributed by atoms with Crippen LogP contribution in [0.4, 0.5) is 5.82 Å². The average Bonchev–Trinajstić information content (AvgIpc) is 3.02. The molecule has 41 heavy (non-hydrogen) atoms. The Balaban J connectivity index is 1.83. The first-order valence-corrected chi connectivity index (χ1v) is 13.6. The van der Waals surface area contributed by atoms with Gasteiger partial charge in [-0.1, -0.05) is 68.9 Å². The van der Waals surface area contributed by atoms with Crippen molar-refractivity contribution < 1.29 is 11.6 Å². The van der Waals surface area contributed by atoms with E-state index in [1.165, 1.54) is 21.7 Å². The number of halogens is 1. The fourth-order valence-corrected chi connectivity index (χ4v) is 5.53. The molecule has 1 amide bonds. The Labute approximate surface area is 251 Å². The van der Waals surface area contributed by atoms with Crippen molar-refractivity contribution in [1.82, 2.24) is 24.4 Å². The number of amides is 1.